The van der Waals surface area contributed by atoms with Crippen molar-refractivity contribution in [1.29, 1.82) is 0 Å². The van der Waals surface area contributed by atoms with Crippen LogP contribution >= 0.6 is 11.3 Å². The lowest BCUT2D eigenvalue weighted by atomic mass is 10.0. The molecule has 2 aromatic rings. The number of nitrogens with one attached hydrogen (secondary N) is 1. The summed E-state index contributed by atoms with van der Waals surface area (Å²) in [4.78, 5) is 12.9. The third-order valence-corrected chi connectivity index (χ3v) is 4.10. The molecule has 112 valence electrons. The molecule has 1 heterocycles. The van der Waals surface area contributed by atoms with Crippen LogP contribution in [0.25, 0.3) is 0 Å². The lowest BCUT2D eigenvalue weighted by Crippen LogP contribution is -2.28. The van der Waals surface area contributed by atoms with Gasteiger partial charge in [-0.25, -0.2) is 0 Å². The minimum absolute atomic E-state index is 0.0982. The van der Waals surface area contributed by atoms with Crippen molar-refractivity contribution >= 4 is 17.2 Å². The van der Waals surface area contributed by atoms with Gasteiger partial charge >= 0.3 is 0 Å². The van der Waals surface area contributed by atoms with Gasteiger partial charge in [-0.15, -0.1) is 11.3 Å². The molecule has 0 aliphatic rings. The molecule has 1 unspecified atom stereocenters. The van der Waals surface area contributed by atoms with Gasteiger partial charge in [0.15, 0.2) is 0 Å². The molecule has 0 fully saturated rings. The Bertz CT molecular complexity index is 568. The number of benzene rings is 1. The summed E-state index contributed by atoms with van der Waals surface area (Å²) < 4.78 is 5.10. The smallest absolute Gasteiger partial charge is 0.261 e. The number of hydrogen-bond donors (Lipinski definition) is 2. The molecule has 1 amide bonds. The van der Waals surface area contributed by atoms with Crippen molar-refractivity contribution in [3.63, 3.8) is 0 Å². The zero-order valence-electron chi connectivity index (χ0n) is 11.9. The standard InChI is InChI=1S/C16H19NO3S/c1-20-13-10-15(21-11-13)16(19)17-14(8-5-9-18)12-6-3-2-4-7-12/h2-4,6-7,10-11,14,18H,5,8-9H2,1H3,(H,17,19). The molecule has 0 saturated carbocycles. The number of rotatable bonds is 7. The Morgan fingerprint density at radius 1 is 1.38 bits per heavy atom. The first kappa shape index (κ1) is 15.5. The van der Waals surface area contributed by atoms with E-state index in [0.717, 1.165) is 5.56 Å². The number of aliphatic hydroxyl groups is 1. The zero-order valence-corrected chi connectivity index (χ0v) is 12.7. The summed E-state index contributed by atoms with van der Waals surface area (Å²) in [6, 6.07) is 11.4. The normalized spacial score (nSPS) is 11.9. The summed E-state index contributed by atoms with van der Waals surface area (Å²) in [5.74, 6) is 0.576. The van der Waals surface area contributed by atoms with Crippen LogP contribution in [0.4, 0.5) is 0 Å². The zero-order chi connectivity index (χ0) is 15.1. The van der Waals surface area contributed by atoms with Gasteiger partial charge in [-0.1, -0.05) is 30.3 Å². The summed E-state index contributed by atoms with van der Waals surface area (Å²) in [6.07, 6.45) is 1.35. The molecule has 0 aliphatic heterocycles. The van der Waals surface area contributed by atoms with Gasteiger partial charge in [0.1, 0.15) is 5.75 Å². The Labute approximate surface area is 128 Å². The molecule has 2 N–H and O–H groups in total. The van der Waals surface area contributed by atoms with Crippen LogP contribution in [-0.4, -0.2) is 24.7 Å². The first-order valence-corrected chi connectivity index (χ1v) is 7.71. The van der Waals surface area contributed by atoms with Crippen LogP contribution in [0.3, 0.4) is 0 Å². The van der Waals surface area contributed by atoms with Crippen molar-refractivity contribution in [3.05, 3.63) is 52.2 Å². The molecule has 4 nitrogen and oxygen atoms in total. The lowest BCUT2D eigenvalue weighted by Gasteiger charge is -2.18. The number of hydrogen-bond acceptors (Lipinski definition) is 4. The minimum atomic E-state index is -0.116. The van der Waals surface area contributed by atoms with E-state index in [4.69, 9.17) is 9.84 Å². The Kier molecular flexibility index (Phi) is 5.78. The molecular formula is C16H19NO3S. The van der Waals surface area contributed by atoms with E-state index in [1.54, 1.807) is 18.6 Å². The highest BCUT2D eigenvalue weighted by Crippen LogP contribution is 2.23. The molecule has 0 radical (unpaired) electrons. The predicted octanol–water partition coefficient (Wildman–Crippen LogP) is 3.00. The van der Waals surface area contributed by atoms with E-state index in [2.05, 4.69) is 5.32 Å². The summed E-state index contributed by atoms with van der Waals surface area (Å²) in [6.45, 7) is 0.117. The van der Waals surface area contributed by atoms with E-state index in [-0.39, 0.29) is 18.6 Å². The average molecular weight is 305 g/mol. The molecule has 21 heavy (non-hydrogen) atoms. The van der Waals surface area contributed by atoms with Crippen molar-refractivity contribution in [1.82, 2.24) is 5.32 Å². The van der Waals surface area contributed by atoms with Crippen molar-refractivity contribution in [2.75, 3.05) is 13.7 Å². The Morgan fingerprint density at radius 2 is 2.14 bits per heavy atom. The van der Waals surface area contributed by atoms with Gasteiger partial charge in [0.2, 0.25) is 0 Å². The van der Waals surface area contributed by atoms with Crippen LogP contribution in [0.2, 0.25) is 0 Å². The molecule has 1 aromatic heterocycles. The molecule has 5 heteroatoms. The summed E-state index contributed by atoms with van der Waals surface area (Å²) in [7, 11) is 1.58. The molecule has 0 saturated heterocycles. The van der Waals surface area contributed by atoms with Gasteiger partial charge < -0.3 is 15.2 Å². The van der Waals surface area contributed by atoms with E-state index >= 15 is 0 Å². The predicted molar refractivity (Wildman–Crippen MR) is 83.8 cm³/mol. The van der Waals surface area contributed by atoms with Gasteiger partial charge in [0.05, 0.1) is 18.0 Å². The largest absolute Gasteiger partial charge is 0.496 e. The summed E-state index contributed by atoms with van der Waals surface area (Å²) in [5, 5.41) is 13.9. The second-order valence-electron chi connectivity index (χ2n) is 4.65. The van der Waals surface area contributed by atoms with Gasteiger partial charge in [-0.3, -0.25) is 4.79 Å². The number of thiophene rings is 1. The van der Waals surface area contributed by atoms with Crippen molar-refractivity contribution in [2.24, 2.45) is 0 Å². The van der Waals surface area contributed by atoms with Crippen molar-refractivity contribution in [3.8, 4) is 5.75 Å². The van der Waals surface area contributed by atoms with E-state index in [1.165, 1.54) is 11.3 Å². The second-order valence-corrected chi connectivity index (χ2v) is 5.56. The van der Waals surface area contributed by atoms with E-state index in [1.807, 2.05) is 30.3 Å². The number of aliphatic hydroxyl groups excluding tert-OH is 1. The molecular weight excluding hydrogens is 286 g/mol. The fourth-order valence-electron chi connectivity index (χ4n) is 2.08. The minimum Gasteiger partial charge on any atom is -0.496 e. The van der Waals surface area contributed by atoms with Crippen LogP contribution in [-0.2, 0) is 0 Å². The second kappa shape index (κ2) is 7.81. The van der Waals surface area contributed by atoms with Crippen LogP contribution in [0.15, 0.2) is 41.8 Å². The first-order chi connectivity index (χ1) is 10.2. The van der Waals surface area contributed by atoms with E-state index in [0.29, 0.717) is 23.5 Å². The Balaban J connectivity index is 2.09. The monoisotopic (exact) mass is 305 g/mol. The van der Waals surface area contributed by atoms with Crippen LogP contribution in [0, 0.1) is 0 Å². The molecule has 1 aromatic carbocycles. The number of methoxy groups -OCH3 is 1. The molecule has 0 spiro atoms. The molecule has 2 rings (SSSR count). The molecule has 0 aliphatic carbocycles. The summed E-state index contributed by atoms with van der Waals surface area (Å²) in [5.41, 5.74) is 1.04. The highest BCUT2D eigenvalue weighted by Gasteiger charge is 2.16. The van der Waals surface area contributed by atoms with Crippen molar-refractivity contribution < 1.29 is 14.6 Å². The third kappa shape index (κ3) is 4.31. The maximum absolute atomic E-state index is 12.3. The van der Waals surface area contributed by atoms with Crippen LogP contribution in [0.1, 0.15) is 34.1 Å². The van der Waals surface area contributed by atoms with Gasteiger partial charge in [0, 0.05) is 18.1 Å². The lowest BCUT2D eigenvalue weighted by molar-refractivity contribution is 0.0936. The quantitative estimate of drug-likeness (QED) is 0.826. The number of amides is 1. The molecule has 0 bridgehead atoms. The fraction of sp³-hybridized carbons (Fsp3) is 0.312. The Morgan fingerprint density at radius 3 is 2.76 bits per heavy atom. The average Bonchev–Trinajstić information content (AvgIpc) is 3.01. The van der Waals surface area contributed by atoms with Crippen LogP contribution in [0.5, 0.6) is 5.75 Å². The fourth-order valence-corrected chi connectivity index (χ4v) is 2.83. The summed E-state index contributed by atoms with van der Waals surface area (Å²) >= 11 is 1.36. The first-order valence-electron chi connectivity index (χ1n) is 6.83. The van der Waals surface area contributed by atoms with Gasteiger partial charge in [-0.2, -0.15) is 0 Å². The highest BCUT2D eigenvalue weighted by molar-refractivity contribution is 7.12. The van der Waals surface area contributed by atoms with E-state index < -0.39 is 0 Å². The maximum Gasteiger partial charge on any atom is 0.261 e. The van der Waals surface area contributed by atoms with Gasteiger partial charge in [0.25, 0.3) is 5.91 Å². The highest BCUT2D eigenvalue weighted by atomic mass is 32.1. The van der Waals surface area contributed by atoms with Crippen molar-refractivity contribution in [2.45, 2.75) is 18.9 Å². The Hall–Kier alpha value is -1.85. The maximum atomic E-state index is 12.3. The van der Waals surface area contributed by atoms with E-state index in [9.17, 15) is 4.79 Å². The number of ether oxygens (including phenoxy) is 1. The van der Waals surface area contributed by atoms with Crippen LogP contribution < -0.4 is 10.1 Å². The third-order valence-electron chi connectivity index (χ3n) is 3.19. The number of carbonyl (C=O) groups is 1. The molecule has 1 atom stereocenters. The topological polar surface area (TPSA) is 58.6 Å². The SMILES string of the molecule is COc1csc(C(=O)NC(CCCO)c2ccccc2)c1. The van der Waals surface area contributed by atoms with Gasteiger partial charge in [-0.05, 0) is 18.4 Å². The number of carbonyl (C=O) groups excluding carboxylic acids is 1.